The second-order valence-corrected chi connectivity index (χ2v) is 3.25. The van der Waals surface area contributed by atoms with E-state index in [-0.39, 0.29) is 0 Å². The van der Waals surface area contributed by atoms with Crippen molar-refractivity contribution in [1.82, 2.24) is 4.57 Å². The van der Waals surface area contributed by atoms with E-state index in [1.807, 2.05) is 12.3 Å². The van der Waals surface area contributed by atoms with Crippen molar-refractivity contribution >= 4 is 10.9 Å². The van der Waals surface area contributed by atoms with Gasteiger partial charge in [-0.2, -0.15) is 0 Å². The molecule has 0 amide bonds. The Kier molecular flexibility index (Phi) is 2.26. The molecule has 2 N–H and O–H groups in total. The third-order valence-corrected chi connectivity index (χ3v) is 2.33. The number of terminal acetylenes is 1. The number of aromatic nitrogens is 1. The molecular weight excluding hydrogens is 172 g/mol. The molecule has 0 bridgehead atoms. The fourth-order valence-corrected chi connectivity index (χ4v) is 1.61. The van der Waals surface area contributed by atoms with Crippen LogP contribution >= 0.6 is 0 Å². The van der Waals surface area contributed by atoms with Crippen molar-refractivity contribution in [3.8, 4) is 12.3 Å². The second kappa shape index (κ2) is 3.57. The van der Waals surface area contributed by atoms with Crippen LogP contribution in [0.4, 0.5) is 0 Å². The number of hydrogen-bond acceptors (Lipinski definition) is 1. The van der Waals surface area contributed by atoms with E-state index in [2.05, 4.69) is 28.7 Å². The highest BCUT2D eigenvalue weighted by Gasteiger charge is 1.99. The largest absolute Gasteiger partial charge is 0.336 e. The Balaban J connectivity index is 2.55. The lowest BCUT2D eigenvalue weighted by Crippen LogP contribution is -1.96. The highest BCUT2D eigenvalue weighted by Crippen LogP contribution is 2.17. The molecular formula is C12H12N2. The highest BCUT2D eigenvalue weighted by molar-refractivity contribution is 5.80. The lowest BCUT2D eigenvalue weighted by atomic mass is 10.1. The molecule has 1 aromatic carbocycles. The van der Waals surface area contributed by atoms with Gasteiger partial charge in [-0.3, -0.25) is 0 Å². The minimum absolute atomic E-state index is 0.580. The molecule has 1 aromatic heterocycles. The maximum atomic E-state index is 5.57. The molecule has 2 nitrogen and oxygen atoms in total. The minimum Gasteiger partial charge on any atom is -0.336 e. The molecule has 0 saturated carbocycles. The fourth-order valence-electron chi connectivity index (χ4n) is 1.61. The Hall–Kier alpha value is -1.72. The molecule has 14 heavy (non-hydrogen) atoms. The molecule has 2 aromatic rings. The van der Waals surface area contributed by atoms with Gasteiger partial charge >= 0.3 is 0 Å². The average Bonchev–Trinajstić information content (AvgIpc) is 2.61. The van der Waals surface area contributed by atoms with Gasteiger partial charge in [0.25, 0.3) is 0 Å². The summed E-state index contributed by atoms with van der Waals surface area (Å²) in [6.07, 6.45) is 7.28. The summed E-state index contributed by atoms with van der Waals surface area (Å²) in [5.41, 5.74) is 7.88. The zero-order valence-corrected chi connectivity index (χ0v) is 7.90. The van der Waals surface area contributed by atoms with Crippen LogP contribution < -0.4 is 5.73 Å². The number of fused-ring (bicyclic) bond motifs is 1. The summed E-state index contributed by atoms with van der Waals surface area (Å²) in [7, 11) is 0. The molecule has 0 aliphatic rings. The van der Waals surface area contributed by atoms with Gasteiger partial charge in [-0.1, -0.05) is 12.0 Å². The normalized spacial score (nSPS) is 10.3. The Morgan fingerprint density at radius 2 is 2.21 bits per heavy atom. The third-order valence-electron chi connectivity index (χ3n) is 2.33. The molecule has 0 aliphatic carbocycles. The first-order valence-corrected chi connectivity index (χ1v) is 4.56. The molecule has 0 spiro atoms. The van der Waals surface area contributed by atoms with Crippen molar-refractivity contribution in [1.29, 1.82) is 0 Å². The molecule has 1 heterocycles. The van der Waals surface area contributed by atoms with E-state index >= 15 is 0 Å². The molecule has 2 rings (SSSR count). The van der Waals surface area contributed by atoms with Crippen LogP contribution in [0.1, 0.15) is 5.56 Å². The van der Waals surface area contributed by atoms with E-state index < -0.39 is 0 Å². The van der Waals surface area contributed by atoms with Gasteiger partial charge in [0.1, 0.15) is 0 Å². The number of benzene rings is 1. The monoisotopic (exact) mass is 184 g/mol. The van der Waals surface area contributed by atoms with Gasteiger partial charge < -0.3 is 10.3 Å². The van der Waals surface area contributed by atoms with Crippen LogP contribution in [-0.4, -0.2) is 4.57 Å². The highest BCUT2D eigenvalue weighted by atomic mass is 14.9. The quantitative estimate of drug-likeness (QED) is 0.708. The second-order valence-electron chi connectivity index (χ2n) is 3.25. The zero-order chi connectivity index (χ0) is 9.97. The summed E-state index contributed by atoms with van der Waals surface area (Å²) in [6.45, 7) is 1.20. The molecule has 0 saturated heterocycles. The molecule has 0 fully saturated rings. The first-order chi connectivity index (χ1) is 6.85. The molecule has 0 atom stereocenters. The van der Waals surface area contributed by atoms with Crippen LogP contribution in [0.15, 0.2) is 30.5 Å². The van der Waals surface area contributed by atoms with Crippen LogP contribution in [0.25, 0.3) is 10.9 Å². The summed E-state index contributed by atoms with van der Waals surface area (Å²) in [5, 5.41) is 1.20. The predicted octanol–water partition coefficient (Wildman–Crippen LogP) is 1.73. The van der Waals surface area contributed by atoms with Crippen LogP contribution in [0, 0.1) is 12.3 Å². The lowest BCUT2D eigenvalue weighted by Gasteiger charge is -2.01. The zero-order valence-electron chi connectivity index (χ0n) is 7.90. The number of rotatable bonds is 2. The van der Waals surface area contributed by atoms with E-state index in [4.69, 9.17) is 12.2 Å². The maximum absolute atomic E-state index is 5.57. The van der Waals surface area contributed by atoms with Crippen LogP contribution in [0.3, 0.4) is 0 Å². The first kappa shape index (κ1) is 8.86. The fraction of sp³-hybridized carbons (Fsp3) is 0.167. The third kappa shape index (κ3) is 1.39. The lowest BCUT2D eigenvalue weighted by molar-refractivity contribution is 0.886. The molecule has 2 heteroatoms. The van der Waals surface area contributed by atoms with Crippen molar-refractivity contribution in [2.45, 2.75) is 13.1 Å². The van der Waals surface area contributed by atoms with Gasteiger partial charge in [-0.05, 0) is 29.1 Å². The summed E-state index contributed by atoms with van der Waals surface area (Å²) in [6, 6.07) is 8.26. The van der Waals surface area contributed by atoms with Gasteiger partial charge in [0.2, 0.25) is 0 Å². The molecule has 0 aliphatic heterocycles. The average molecular weight is 184 g/mol. The smallest absolute Gasteiger partial charge is 0.0834 e. The standard InChI is InChI=1S/C12H12N2/c1-2-6-14-7-5-11-8-10(9-13)3-4-12(11)14/h1,3-5,7-8H,6,9,13H2. The van der Waals surface area contributed by atoms with Gasteiger partial charge in [-0.15, -0.1) is 6.42 Å². The SMILES string of the molecule is C#CCn1ccc2cc(CN)ccc21. The summed E-state index contributed by atoms with van der Waals surface area (Å²) >= 11 is 0. The van der Waals surface area contributed by atoms with Crippen molar-refractivity contribution in [2.75, 3.05) is 0 Å². The topological polar surface area (TPSA) is 30.9 Å². The Morgan fingerprint density at radius 3 is 2.93 bits per heavy atom. The predicted molar refractivity (Wildman–Crippen MR) is 58.7 cm³/mol. The first-order valence-electron chi connectivity index (χ1n) is 4.56. The Labute approximate surface area is 83.3 Å². The minimum atomic E-state index is 0.580. The van der Waals surface area contributed by atoms with Crippen molar-refractivity contribution in [2.24, 2.45) is 5.73 Å². The van der Waals surface area contributed by atoms with Crippen molar-refractivity contribution in [3.63, 3.8) is 0 Å². The van der Waals surface area contributed by atoms with Crippen molar-refractivity contribution in [3.05, 3.63) is 36.0 Å². The van der Waals surface area contributed by atoms with Gasteiger partial charge in [0, 0.05) is 18.3 Å². The van der Waals surface area contributed by atoms with E-state index in [1.54, 1.807) is 0 Å². The van der Waals surface area contributed by atoms with Crippen LogP contribution in [0.2, 0.25) is 0 Å². The van der Waals surface area contributed by atoms with Gasteiger partial charge in [0.15, 0.2) is 0 Å². The van der Waals surface area contributed by atoms with E-state index in [0.717, 1.165) is 5.56 Å². The summed E-state index contributed by atoms with van der Waals surface area (Å²) in [4.78, 5) is 0. The van der Waals surface area contributed by atoms with Gasteiger partial charge in [-0.25, -0.2) is 0 Å². The van der Waals surface area contributed by atoms with E-state index in [9.17, 15) is 0 Å². The summed E-state index contributed by atoms with van der Waals surface area (Å²) < 4.78 is 2.05. The summed E-state index contributed by atoms with van der Waals surface area (Å²) in [5.74, 6) is 2.63. The Morgan fingerprint density at radius 1 is 1.36 bits per heavy atom. The number of hydrogen-bond donors (Lipinski definition) is 1. The van der Waals surface area contributed by atoms with Crippen LogP contribution in [0.5, 0.6) is 0 Å². The maximum Gasteiger partial charge on any atom is 0.0834 e. The molecule has 0 radical (unpaired) electrons. The number of nitrogens with two attached hydrogens (primary N) is 1. The molecule has 0 unspecified atom stereocenters. The Bertz CT molecular complexity index is 488. The van der Waals surface area contributed by atoms with Gasteiger partial charge in [0.05, 0.1) is 6.54 Å². The number of nitrogens with zero attached hydrogens (tertiary/aromatic N) is 1. The van der Waals surface area contributed by atoms with E-state index in [1.165, 1.54) is 10.9 Å². The van der Waals surface area contributed by atoms with E-state index in [0.29, 0.717) is 13.1 Å². The van der Waals surface area contributed by atoms with Crippen LogP contribution in [-0.2, 0) is 13.1 Å². The molecule has 70 valence electrons. The van der Waals surface area contributed by atoms with Crippen molar-refractivity contribution < 1.29 is 0 Å².